The van der Waals surface area contributed by atoms with E-state index < -0.39 is 26.8 Å². The second-order valence-electron chi connectivity index (χ2n) is 4.25. The maximum atomic E-state index is 13.8. The smallest absolute Gasteiger partial charge is 0.313 e. The lowest BCUT2D eigenvalue weighted by Gasteiger charge is -2.05. The minimum atomic E-state index is -3.46. The van der Waals surface area contributed by atoms with E-state index in [2.05, 4.69) is 9.97 Å². The molecule has 2 aromatic rings. The van der Waals surface area contributed by atoms with E-state index in [0.717, 1.165) is 24.1 Å². The molecule has 21 heavy (non-hydrogen) atoms. The fourth-order valence-corrected chi connectivity index (χ4v) is 2.98. The van der Waals surface area contributed by atoms with Crippen LogP contribution in [0.15, 0.2) is 43.8 Å². The molecule has 0 radical (unpaired) electrons. The number of hydrogen-bond acceptors (Lipinski definition) is 5. The summed E-state index contributed by atoms with van der Waals surface area (Å²) in [7, 11) is -3.46. The molecule has 9 heteroatoms. The quantitative estimate of drug-likeness (QED) is 0.641. The summed E-state index contributed by atoms with van der Waals surface area (Å²) in [5.74, 6) is -0.434. The Labute approximate surface area is 123 Å². The molecule has 112 valence electrons. The maximum absolute atomic E-state index is 13.8. The van der Waals surface area contributed by atoms with Gasteiger partial charge in [0.2, 0.25) is 0 Å². The molecule has 1 heterocycles. The monoisotopic (exact) mass is 330 g/mol. The Kier molecular flexibility index (Phi) is 4.33. The van der Waals surface area contributed by atoms with Crippen molar-refractivity contribution in [2.24, 2.45) is 0 Å². The van der Waals surface area contributed by atoms with Crippen molar-refractivity contribution in [2.75, 3.05) is 6.26 Å². The van der Waals surface area contributed by atoms with Crippen LogP contribution in [0.25, 0.3) is 0 Å². The van der Waals surface area contributed by atoms with Crippen LogP contribution < -0.4 is 11.1 Å². The summed E-state index contributed by atoms with van der Waals surface area (Å²) in [6.07, 6.45) is 2.33. The topological polar surface area (TPSA) is 99.9 Å². The summed E-state index contributed by atoms with van der Waals surface area (Å²) in [5.41, 5.74) is -1.11. The number of halogens is 1. The fraction of sp³-hybridized carbons (Fsp3) is 0.167. The molecule has 0 unspecified atom stereocenters. The van der Waals surface area contributed by atoms with Crippen molar-refractivity contribution in [1.29, 1.82) is 0 Å². The third kappa shape index (κ3) is 3.82. The first-order chi connectivity index (χ1) is 9.77. The Morgan fingerprint density at radius 2 is 1.95 bits per heavy atom. The summed E-state index contributed by atoms with van der Waals surface area (Å²) < 4.78 is 36.4. The van der Waals surface area contributed by atoms with E-state index >= 15 is 0 Å². The Hall–Kier alpha value is -1.87. The van der Waals surface area contributed by atoms with Crippen molar-refractivity contribution >= 4 is 21.6 Å². The van der Waals surface area contributed by atoms with Crippen LogP contribution in [-0.2, 0) is 15.6 Å². The summed E-state index contributed by atoms with van der Waals surface area (Å²) in [5, 5.41) is 0. The fourth-order valence-electron chi connectivity index (χ4n) is 1.52. The SMILES string of the molecule is CS(=O)(=O)c1ccc(SCc2c[nH]c(=O)c(=O)[nH]2)c(F)c1. The molecule has 2 rings (SSSR count). The average Bonchev–Trinajstić information content (AvgIpc) is 2.40. The van der Waals surface area contributed by atoms with Crippen LogP contribution >= 0.6 is 11.8 Å². The normalized spacial score (nSPS) is 11.5. The van der Waals surface area contributed by atoms with E-state index in [1.54, 1.807) is 0 Å². The van der Waals surface area contributed by atoms with Gasteiger partial charge < -0.3 is 9.97 Å². The van der Waals surface area contributed by atoms with Crippen molar-refractivity contribution in [2.45, 2.75) is 15.5 Å². The highest BCUT2D eigenvalue weighted by Gasteiger charge is 2.11. The van der Waals surface area contributed by atoms with Gasteiger partial charge in [0.05, 0.1) is 4.90 Å². The summed E-state index contributed by atoms with van der Waals surface area (Å²) in [6.45, 7) is 0. The van der Waals surface area contributed by atoms with E-state index in [0.29, 0.717) is 5.69 Å². The largest absolute Gasteiger partial charge is 0.323 e. The molecule has 0 amide bonds. The molecular formula is C12H11FN2O4S2. The van der Waals surface area contributed by atoms with Gasteiger partial charge in [-0.1, -0.05) is 0 Å². The van der Waals surface area contributed by atoms with Gasteiger partial charge in [-0.3, -0.25) is 9.59 Å². The molecule has 0 fully saturated rings. The molecule has 0 aliphatic heterocycles. The van der Waals surface area contributed by atoms with Crippen molar-refractivity contribution in [3.05, 3.63) is 56.6 Å². The van der Waals surface area contributed by atoms with Gasteiger partial charge in [0, 0.05) is 28.8 Å². The van der Waals surface area contributed by atoms with E-state index in [-0.39, 0.29) is 15.5 Å². The molecule has 2 N–H and O–H groups in total. The molecule has 0 aliphatic rings. The molecule has 1 aromatic carbocycles. The van der Waals surface area contributed by atoms with Gasteiger partial charge in [-0.25, -0.2) is 12.8 Å². The number of nitrogens with one attached hydrogen (secondary N) is 2. The van der Waals surface area contributed by atoms with Gasteiger partial charge in [-0.05, 0) is 18.2 Å². The predicted molar refractivity (Wildman–Crippen MR) is 76.8 cm³/mol. The van der Waals surface area contributed by atoms with Crippen molar-refractivity contribution in [3.63, 3.8) is 0 Å². The molecule has 6 nitrogen and oxygen atoms in total. The Bertz CT molecular complexity index is 887. The minimum absolute atomic E-state index is 0.0956. The van der Waals surface area contributed by atoms with Gasteiger partial charge in [0.25, 0.3) is 0 Å². The van der Waals surface area contributed by atoms with Crippen molar-refractivity contribution in [1.82, 2.24) is 9.97 Å². The predicted octanol–water partition coefficient (Wildman–Crippen LogP) is 0.898. The second kappa shape index (κ2) is 5.86. The molecule has 0 saturated carbocycles. The van der Waals surface area contributed by atoms with Crippen LogP contribution in [0.5, 0.6) is 0 Å². The lowest BCUT2D eigenvalue weighted by Crippen LogP contribution is -2.29. The van der Waals surface area contributed by atoms with E-state index in [9.17, 15) is 22.4 Å². The Morgan fingerprint density at radius 3 is 2.52 bits per heavy atom. The second-order valence-corrected chi connectivity index (χ2v) is 7.28. The zero-order valence-electron chi connectivity index (χ0n) is 10.8. The molecule has 0 atom stereocenters. The third-order valence-electron chi connectivity index (χ3n) is 2.57. The summed E-state index contributed by atoms with van der Waals surface area (Å²) in [6, 6.07) is 3.63. The minimum Gasteiger partial charge on any atom is -0.323 e. The first kappa shape index (κ1) is 15.5. The maximum Gasteiger partial charge on any atom is 0.313 e. The number of aromatic amines is 2. The molecule has 0 aliphatic carbocycles. The number of H-pyrrole nitrogens is 2. The molecule has 0 spiro atoms. The molecule has 1 aromatic heterocycles. The number of sulfone groups is 1. The molecular weight excluding hydrogens is 319 g/mol. The van der Waals surface area contributed by atoms with Gasteiger partial charge in [-0.2, -0.15) is 0 Å². The lowest BCUT2D eigenvalue weighted by atomic mass is 10.3. The highest BCUT2D eigenvalue weighted by Crippen LogP contribution is 2.26. The first-order valence-electron chi connectivity index (χ1n) is 5.70. The van der Waals surface area contributed by atoms with Crippen molar-refractivity contribution in [3.8, 4) is 0 Å². The van der Waals surface area contributed by atoms with Crippen LogP contribution in [0.2, 0.25) is 0 Å². The first-order valence-corrected chi connectivity index (χ1v) is 8.58. The van der Waals surface area contributed by atoms with Crippen LogP contribution in [0.4, 0.5) is 4.39 Å². The van der Waals surface area contributed by atoms with Gasteiger partial charge in [-0.15, -0.1) is 11.8 Å². The van der Waals surface area contributed by atoms with Crippen LogP contribution in [0.3, 0.4) is 0 Å². The molecule has 0 bridgehead atoms. The highest BCUT2D eigenvalue weighted by atomic mass is 32.2. The summed E-state index contributed by atoms with van der Waals surface area (Å²) in [4.78, 5) is 26.8. The van der Waals surface area contributed by atoms with Gasteiger partial charge >= 0.3 is 11.1 Å². The molecule has 0 saturated heterocycles. The lowest BCUT2D eigenvalue weighted by molar-refractivity contribution is 0.586. The highest BCUT2D eigenvalue weighted by molar-refractivity contribution is 7.98. The van der Waals surface area contributed by atoms with E-state index in [1.807, 2.05) is 0 Å². The summed E-state index contributed by atoms with van der Waals surface area (Å²) >= 11 is 1.07. The van der Waals surface area contributed by atoms with E-state index in [4.69, 9.17) is 0 Å². The number of thioether (sulfide) groups is 1. The Balaban J connectivity index is 2.19. The van der Waals surface area contributed by atoms with Gasteiger partial charge in [0.1, 0.15) is 5.82 Å². The van der Waals surface area contributed by atoms with Crippen LogP contribution in [-0.4, -0.2) is 24.6 Å². The van der Waals surface area contributed by atoms with Gasteiger partial charge in [0.15, 0.2) is 9.84 Å². The van der Waals surface area contributed by atoms with Crippen LogP contribution in [0.1, 0.15) is 5.69 Å². The number of benzene rings is 1. The Morgan fingerprint density at radius 1 is 1.24 bits per heavy atom. The van der Waals surface area contributed by atoms with E-state index in [1.165, 1.54) is 18.3 Å². The third-order valence-corrected chi connectivity index (χ3v) is 4.78. The number of aromatic nitrogens is 2. The van der Waals surface area contributed by atoms with Crippen LogP contribution in [0, 0.1) is 5.82 Å². The number of hydrogen-bond donors (Lipinski definition) is 2. The zero-order chi connectivity index (χ0) is 15.6. The van der Waals surface area contributed by atoms with Crippen molar-refractivity contribution < 1.29 is 12.8 Å². The average molecular weight is 330 g/mol. The zero-order valence-corrected chi connectivity index (χ0v) is 12.5. The number of rotatable bonds is 4. The standard InChI is InChI=1S/C12H11FN2O4S2/c1-21(18,19)8-2-3-10(9(13)4-8)20-6-7-5-14-11(16)12(17)15-7/h2-5H,6H2,1H3,(H,14,16)(H,15,17).